The molecule has 1 N–H and O–H groups in total. The number of ether oxygens (including phenoxy) is 1. The Hall–Kier alpha value is -3.86. The van der Waals surface area contributed by atoms with Gasteiger partial charge in [0, 0.05) is 37.8 Å². The van der Waals surface area contributed by atoms with Crippen LogP contribution in [0, 0.1) is 22.7 Å². The van der Waals surface area contributed by atoms with E-state index in [2.05, 4.69) is 43.3 Å². The fourth-order valence-corrected chi connectivity index (χ4v) is 4.94. The van der Waals surface area contributed by atoms with Crippen molar-refractivity contribution in [1.29, 1.82) is 5.26 Å². The van der Waals surface area contributed by atoms with E-state index in [4.69, 9.17) is 10.00 Å². The van der Waals surface area contributed by atoms with Gasteiger partial charge in [0.15, 0.2) is 5.75 Å². The van der Waals surface area contributed by atoms with Crippen LogP contribution in [0.4, 0.5) is 5.69 Å². The maximum absolute atomic E-state index is 13.0. The van der Waals surface area contributed by atoms with Gasteiger partial charge < -0.3 is 19.5 Å². The van der Waals surface area contributed by atoms with E-state index in [1.54, 1.807) is 37.6 Å². The number of carbonyl (C=O) groups is 2. The van der Waals surface area contributed by atoms with Gasteiger partial charge in [0.1, 0.15) is 11.3 Å². The topological polar surface area (TPSA) is 100 Å². The van der Waals surface area contributed by atoms with Crippen LogP contribution in [0.3, 0.4) is 0 Å². The summed E-state index contributed by atoms with van der Waals surface area (Å²) in [5.74, 6) is 0.644. The molecule has 194 valence electrons. The Morgan fingerprint density at radius 3 is 2.57 bits per heavy atom. The molecule has 3 aromatic rings. The lowest BCUT2D eigenvalue weighted by atomic mass is 9.80. The van der Waals surface area contributed by atoms with Crippen molar-refractivity contribution < 1.29 is 14.3 Å². The minimum absolute atomic E-state index is 0.0362. The van der Waals surface area contributed by atoms with Gasteiger partial charge >= 0.3 is 0 Å². The average Bonchev–Trinajstić information content (AvgIpc) is 3.23. The second kappa shape index (κ2) is 10.3. The first-order valence-electron chi connectivity index (χ1n) is 12.7. The quantitative estimate of drug-likeness (QED) is 0.525. The lowest BCUT2D eigenvalue weighted by Crippen LogP contribution is -2.43. The van der Waals surface area contributed by atoms with E-state index in [0.717, 1.165) is 29.4 Å². The molecule has 37 heavy (non-hydrogen) atoms. The second-order valence-electron chi connectivity index (χ2n) is 10.9. The zero-order valence-electron chi connectivity index (χ0n) is 22.5. The normalized spacial score (nSPS) is 15.3. The lowest BCUT2D eigenvalue weighted by Gasteiger charge is -2.36. The Balaban J connectivity index is 1.61. The SMILES string of the molecule is COc1c(NC(=O)c2cccc(C#N)c2)cnc2c1c(C1CCN(C(=O)[C@H](C)C(C)(C)C)CC1)cn2C. The number of hydrogen-bond donors (Lipinski definition) is 1. The van der Waals surface area contributed by atoms with E-state index >= 15 is 0 Å². The molecule has 1 aromatic carbocycles. The van der Waals surface area contributed by atoms with Crippen molar-refractivity contribution in [3.63, 3.8) is 0 Å². The molecule has 0 unspecified atom stereocenters. The third-order valence-electron chi connectivity index (χ3n) is 7.59. The highest BCUT2D eigenvalue weighted by molar-refractivity contribution is 6.07. The molecule has 0 aliphatic carbocycles. The van der Waals surface area contributed by atoms with Crippen molar-refractivity contribution in [3.05, 3.63) is 53.3 Å². The standard InChI is InChI=1S/C29H35N5O3/c1-18(29(2,3)4)28(36)34-12-10-20(11-13-34)22-17-33(5)26-24(22)25(37-6)23(16-31-26)32-27(35)21-9-7-8-19(14-21)15-30/h7-9,14,16-18,20H,10-13H2,1-6H3,(H,32,35)/t18-/m0/s1. The molecule has 1 aliphatic rings. The molecule has 2 aromatic heterocycles. The zero-order chi connectivity index (χ0) is 26.9. The number of hydrogen-bond acceptors (Lipinski definition) is 5. The number of fused-ring (bicyclic) bond motifs is 1. The highest BCUT2D eigenvalue weighted by Crippen LogP contribution is 2.41. The van der Waals surface area contributed by atoms with E-state index in [-0.39, 0.29) is 29.1 Å². The van der Waals surface area contributed by atoms with Crippen LogP contribution >= 0.6 is 0 Å². The minimum Gasteiger partial charge on any atom is -0.494 e. The van der Waals surface area contributed by atoms with Crippen molar-refractivity contribution in [3.8, 4) is 11.8 Å². The molecule has 0 bridgehead atoms. The van der Waals surface area contributed by atoms with Gasteiger partial charge in [-0.15, -0.1) is 0 Å². The van der Waals surface area contributed by atoms with Gasteiger partial charge in [-0.3, -0.25) is 9.59 Å². The number of nitriles is 1. The summed E-state index contributed by atoms with van der Waals surface area (Å²) in [5.41, 5.74) is 3.09. The largest absolute Gasteiger partial charge is 0.494 e. The van der Waals surface area contributed by atoms with Crippen molar-refractivity contribution in [2.45, 2.75) is 46.5 Å². The Morgan fingerprint density at radius 1 is 1.24 bits per heavy atom. The first-order chi connectivity index (χ1) is 17.5. The monoisotopic (exact) mass is 501 g/mol. The van der Waals surface area contributed by atoms with Crippen LogP contribution in [0.2, 0.25) is 0 Å². The second-order valence-corrected chi connectivity index (χ2v) is 10.9. The maximum atomic E-state index is 13.0. The fraction of sp³-hybridized carbons (Fsp3) is 0.448. The number of likely N-dealkylation sites (tertiary alicyclic amines) is 1. The highest BCUT2D eigenvalue weighted by Gasteiger charge is 2.33. The molecule has 1 saturated heterocycles. The number of carbonyl (C=O) groups excluding carboxylic acids is 2. The van der Waals surface area contributed by atoms with Crippen molar-refractivity contribution in [2.75, 3.05) is 25.5 Å². The molecule has 2 amide bonds. The first-order valence-corrected chi connectivity index (χ1v) is 12.7. The Morgan fingerprint density at radius 2 is 1.95 bits per heavy atom. The van der Waals surface area contributed by atoms with Crippen molar-refractivity contribution in [1.82, 2.24) is 14.5 Å². The van der Waals surface area contributed by atoms with Crippen molar-refractivity contribution in [2.24, 2.45) is 18.4 Å². The van der Waals surface area contributed by atoms with E-state index in [1.165, 1.54) is 0 Å². The summed E-state index contributed by atoms with van der Waals surface area (Å²) in [5, 5.41) is 13.0. The highest BCUT2D eigenvalue weighted by atomic mass is 16.5. The Kier molecular flexibility index (Phi) is 7.26. The van der Waals surface area contributed by atoms with E-state index in [1.807, 2.05) is 23.4 Å². The Bertz CT molecular complexity index is 1370. The summed E-state index contributed by atoms with van der Waals surface area (Å²) in [6, 6.07) is 8.61. The van der Waals surface area contributed by atoms with Gasteiger partial charge in [0.25, 0.3) is 5.91 Å². The molecule has 0 saturated carbocycles. The number of nitrogens with one attached hydrogen (secondary N) is 1. The van der Waals surface area contributed by atoms with Crippen LogP contribution in [0.5, 0.6) is 5.75 Å². The molecule has 0 radical (unpaired) electrons. The third kappa shape index (κ3) is 5.17. The molecule has 8 nitrogen and oxygen atoms in total. The average molecular weight is 502 g/mol. The summed E-state index contributed by atoms with van der Waals surface area (Å²) in [6.45, 7) is 9.75. The first kappa shape index (κ1) is 26.2. The number of benzene rings is 1. The smallest absolute Gasteiger partial charge is 0.255 e. The van der Waals surface area contributed by atoms with Gasteiger partial charge in [-0.05, 0) is 47.9 Å². The zero-order valence-corrected chi connectivity index (χ0v) is 22.5. The molecule has 3 heterocycles. The van der Waals surface area contributed by atoms with Crippen LogP contribution in [0.25, 0.3) is 11.0 Å². The van der Waals surface area contributed by atoms with Crippen LogP contribution < -0.4 is 10.1 Å². The number of amides is 2. The maximum Gasteiger partial charge on any atom is 0.255 e. The number of piperidine rings is 1. The summed E-state index contributed by atoms with van der Waals surface area (Å²) in [7, 11) is 3.54. The molecule has 8 heteroatoms. The third-order valence-corrected chi connectivity index (χ3v) is 7.59. The van der Waals surface area contributed by atoms with Crippen LogP contribution in [0.1, 0.15) is 67.9 Å². The fourth-order valence-electron chi connectivity index (χ4n) is 4.94. The number of nitrogens with zero attached hydrogens (tertiary/aromatic N) is 4. The number of aromatic nitrogens is 2. The number of methoxy groups -OCH3 is 1. The van der Waals surface area contributed by atoms with Crippen molar-refractivity contribution >= 4 is 28.5 Å². The van der Waals surface area contributed by atoms with Gasteiger partial charge in [-0.25, -0.2) is 4.98 Å². The van der Waals surface area contributed by atoms with E-state index in [0.29, 0.717) is 35.7 Å². The van der Waals surface area contributed by atoms with Gasteiger partial charge in [0.2, 0.25) is 5.91 Å². The summed E-state index contributed by atoms with van der Waals surface area (Å²) in [6.07, 6.45) is 5.39. The lowest BCUT2D eigenvalue weighted by molar-refractivity contribution is -0.139. The van der Waals surface area contributed by atoms with Gasteiger partial charge in [-0.2, -0.15) is 5.26 Å². The molecular weight excluding hydrogens is 466 g/mol. The number of anilines is 1. The van der Waals surface area contributed by atoms with E-state index in [9.17, 15) is 9.59 Å². The van der Waals surface area contributed by atoms with Crippen LogP contribution in [-0.4, -0.2) is 46.5 Å². The van der Waals surface area contributed by atoms with Gasteiger partial charge in [-0.1, -0.05) is 33.8 Å². The number of pyridine rings is 1. The van der Waals surface area contributed by atoms with Crippen LogP contribution in [-0.2, 0) is 11.8 Å². The van der Waals surface area contributed by atoms with E-state index < -0.39 is 0 Å². The molecule has 0 spiro atoms. The minimum atomic E-state index is -0.339. The molecule has 4 rings (SSSR count). The molecule has 1 fully saturated rings. The van der Waals surface area contributed by atoms with Gasteiger partial charge in [0.05, 0.1) is 30.3 Å². The number of aryl methyl sites for hydroxylation is 1. The predicted octanol–water partition coefficient (Wildman–Crippen LogP) is 5.09. The molecular formula is C29H35N5O3. The summed E-state index contributed by atoms with van der Waals surface area (Å²) < 4.78 is 7.81. The predicted molar refractivity (Wildman–Crippen MR) is 144 cm³/mol. The number of rotatable bonds is 5. The van der Waals surface area contributed by atoms with Crippen LogP contribution in [0.15, 0.2) is 36.7 Å². The molecule has 1 aliphatic heterocycles. The summed E-state index contributed by atoms with van der Waals surface area (Å²) >= 11 is 0. The molecule has 1 atom stereocenters. The summed E-state index contributed by atoms with van der Waals surface area (Å²) in [4.78, 5) is 32.6. The Labute approximate surface area is 218 Å².